The van der Waals surface area contributed by atoms with Crippen molar-refractivity contribution in [3.63, 3.8) is 0 Å². The van der Waals surface area contributed by atoms with E-state index in [4.69, 9.17) is 14.1 Å². The maximum atomic E-state index is 6.13. The van der Waals surface area contributed by atoms with E-state index < -0.39 is 0 Å². The summed E-state index contributed by atoms with van der Waals surface area (Å²) in [6, 6.07) is 5.71. The molecule has 7 heteroatoms. The normalized spacial score (nSPS) is 23.1. The number of thiazole rings is 1. The van der Waals surface area contributed by atoms with Crippen molar-refractivity contribution in [2.75, 3.05) is 25.1 Å². The molecule has 3 saturated heterocycles. The van der Waals surface area contributed by atoms with Gasteiger partial charge in [-0.3, -0.25) is 0 Å². The highest BCUT2D eigenvalue weighted by Gasteiger charge is 2.38. The molecule has 6 nitrogen and oxygen atoms in total. The second-order valence-electron chi connectivity index (χ2n) is 6.06. The van der Waals surface area contributed by atoms with Crippen molar-refractivity contribution >= 4 is 28.5 Å². The smallest absolute Gasteiger partial charge is 0.298 e. The topological polar surface area (TPSA) is 63.4 Å². The number of ether oxygens (including phenoxy) is 1. The Bertz CT molecular complexity index is 844. The van der Waals surface area contributed by atoms with Gasteiger partial charge in [-0.25, -0.2) is 4.98 Å². The zero-order chi connectivity index (χ0) is 15.4. The molecule has 2 unspecified atom stereocenters. The van der Waals surface area contributed by atoms with Crippen molar-refractivity contribution in [3.8, 4) is 16.3 Å². The number of fused-ring (bicyclic) bond motifs is 3. The average molecular weight is 328 g/mol. The Kier molecular flexibility index (Phi) is 2.86. The Morgan fingerprint density at radius 1 is 1.35 bits per heavy atom. The van der Waals surface area contributed by atoms with Gasteiger partial charge in [0.15, 0.2) is 5.58 Å². The molecule has 118 valence electrons. The molecular formula is C16H16N4O2S. The lowest BCUT2D eigenvalue weighted by atomic mass is 9.92. The number of oxazole rings is 1. The van der Waals surface area contributed by atoms with E-state index in [1.54, 1.807) is 24.6 Å². The maximum absolute atomic E-state index is 6.13. The predicted molar refractivity (Wildman–Crippen MR) is 89.2 cm³/mol. The first-order chi connectivity index (χ1) is 11.3. The largest absolute Gasteiger partial charge is 0.497 e. The lowest BCUT2D eigenvalue weighted by Crippen LogP contribution is -2.67. The van der Waals surface area contributed by atoms with E-state index >= 15 is 0 Å². The first kappa shape index (κ1) is 13.3. The molecule has 23 heavy (non-hydrogen) atoms. The second-order valence-corrected chi connectivity index (χ2v) is 6.95. The molecule has 6 rings (SSSR count). The van der Waals surface area contributed by atoms with Crippen LogP contribution in [0.15, 0.2) is 28.1 Å². The highest BCUT2D eigenvalue weighted by atomic mass is 32.1. The molecule has 0 spiro atoms. The average Bonchev–Trinajstić information content (AvgIpc) is 3.22. The summed E-state index contributed by atoms with van der Waals surface area (Å²) in [7, 11) is 1.66. The number of benzene rings is 1. The Morgan fingerprint density at radius 2 is 2.17 bits per heavy atom. The number of rotatable bonds is 3. The van der Waals surface area contributed by atoms with Crippen molar-refractivity contribution in [2.24, 2.45) is 0 Å². The molecule has 3 aromatic rings. The maximum Gasteiger partial charge on any atom is 0.298 e. The van der Waals surface area contributed by atoms with Gasteiger partial charge >= 0.3 is 0 Å². The predicted octanol–water partition coefficient (Wildman–Crippen LogP) is 2.51. The summed E-state index contributed by atoms with van der Waals surface area (Å²) >= 11 is 1.58. The SMILES string of the molecule is COc1cc(-c2nccs2)c2oc(N3CC4CC(C3)N4)nc2c1. The molecule has 5 heterocycles. The van der Waals surface area contributed by atoms with Crippen LogP contribution in [-0.4, -0.2) is 42.3 Å². The first-order valence-electron chi connectivity index (χ1n) is 7.69. The molecule has 0 amide bonds. The number of hydrogen-bond donors (Lipinski definition) is 1. The zero-order valence-corrected chi connectivity index (χ0v) is 13.5. The lowest BCUT2D eigenvalue weighted by molar-refractivity contribution is 0.220. The molecule has 2 aromatic heterocycles. The quantitative estimate of drug-likeness (QED) is 0.797. The molecule has 0 radical (unpaired) electrons. The second kappa shape index (κ2) is 4.94. The number of nitrogens with one attached hydrogen (secondary N) is 1. The molecule has 1 N–H and O–H groups in total. The first-order valence-corrected chi connectivity index (χ1v) is 8.57. The molecule has 0 aliphatic carbocycles. The molecule has 2 bridgehead atoms. The molecule has 3 fully saturated rings. The third-order valence-electron chi connectivity index (χ3n) is 4.54. The third-order valence-corrected chi connectivity index (χ3v) is 5.35. The fraction of sp³-hybridized carbons (Fsp3) is 0.375. The van der Waals surface area contributed by atoms with Gasteiger partial charge in [-0.15, -0.1) is 11.3 Å². The van der Waals surface area contributed by atoms with E-state index in [0.29, 0.717) is 18.1 Å². The van der Waals surface area contributed by atoms with Gasteiger partial charge in [-0.1, -0.05) is 0 Å². The van der Waals surface area contributed by atoms with E-state index in [1.807, 2.05) is 17.5 Å². The van der Waals surface area contributed by atoms with E-state index in [0.717, 1.165) is 40.5 Å². The molecule has 0 saturated carbocycles. The van der Waals surface area contributed by atoms with Crippen LogP contribution in [0.4, 0.5) is 6.01 Å². The molecular weight excluding hydrogens is 312 g/mol. The Morgan fingerprint density at radius 3 is 2.87 bits per heavy atom. The van der Waals surface area contributed by atoms with Crippen LogP contribution in [0.3, 0.4) is 0 Å². The van der Waals surface area contributed by atoms with Crippen molar-refractivity contribution in [3.05, 3.63) is 23.7 Å². The van der Waals surface area contributed by atoms with Crippen LogP contribution in [0.5, 0.6) is 5.75 Å². The van der Waals surface area contributed by atoms with Crippen LogP contribution < -0.4 is 15.0 Å². The molecule has 3 aliphatic heterocycles. The highest BCUT2D eigenvalue weighted by Crippen LogP contribution is 2.37. The summed E-state index contributed by atoms with van der Waals surface area (Å²) in [4.78, 5) is 11.3. The van der Waals surface area contributed by atoms with Gasteiger partial charge in [0.05, 0.1) is 12.7 Å². The lowest BCUT2D eigenvalue weighted by Gasteiger charge is -2.47. The Hall–Kier alpha value is -2.12. The minimum absolute atomic E-state index is 0.566. The van der Waals surface area contributed by atoms with E-state index in [9.17, 15) is 0 Å². The van der Waals surface area contributed by atoms with Crippen LogP contribution in [0.25, 0.3) is 21.7 Å². The van der Waals surface area contributed by atoms with Crippen molar-refractivity contribution in [1.29, 1.82) is 0 Å². The molecule has 2 atom stereocenters. The monoisotopic (exact) mass is 328 g/mol. The number of hydrogen-bond acceptors (Lipinski definition) is 7. The number of piperidine rings is 1. The summed E-state index contributed by atoms with van der Waals surface area (Å²) in [6.07, 6.45) is 3.06. The summed E-state index contributed by atoms with van der Waals surface area (Å²) in [5.74, 6) is 0.769. The number of methoxy groups -OCH3 is 1. The van der Waals surface area contributed by atoms with Gasteiger partial charge in [-0.2, -0.15) is 4.98 Å². The van der Waals surface area contributed by atoms with E-state index in [1.165, 1.54) is 6.42 Å². The van der Waals surface area contributed by atoms with E-state index in [2.05, 4.69) is 15.2 Å². The van der Waals surface area contributed by atoms with Gasteiger partial charge in [-0.05, 0) is 12.5 Å². The van der Waals surface area contributed by atoms with Crippen LogP contribution in [-0.2, 0) is 0 Å². The fourth-order valence-corrected chi connectivity index (χ4v) is 4.08. The zero-order valence-electron chi connectivity index (χ0n) is 12.7. The van der Waals surface area contributed by atoms with Crippen LogP contribution in [0.1, 0.15) is 6.42 Å². The summed E-state index contributed by atoms with van der Waals surface area (Å²) < 4.78 is 11.5. The Balaban J connectivity index is 1.62. The van der Waals surface area contributed by atoms with Crippen molar-refractivity contribution in [1.82, 2.24) is 15.3 Å². The summed E-state index contributed by atoms with van der Waals surface area (Å²) in [5.41, 5.74) is 2.54. The van der Waals surface area contributed by atoms with Crippen molar-refractivity contribution < 1.29 is 9.15 Å². The third kappa shape index (κ3) is 2.11. The minimum atomic E-state index is 0.566. The van der Waals surface area contributed by atoms with E-state index in [-0.39, 0.29) is 0 Å². The number of nitrogens with zero attached hydrogens (tertiary/aromatic N) is 3. The molecule has 3 aliphatic rings. The summed E-state index contributed by atoms with van der Waals surface area (Å²) in [6.45, 7) is 1.90. The van der Waals surface area contributed by atoms with Gasteiger partial charge in [0.25, 0.3) is 6.01 Å². The number of piperazine rings is 1. The Labute approximate surface area is 137 Å². The van der Waals surface area contributed by atoms with Crippen LogP contribution in [0.2, 0.25) is 0 Å². The summed E-state index contributed by atoms with van der Waals surface area (Å²) in [5, 5.41) is 6.40. The van der Waals surface area contributed by atoms with Crippen molar-refractivity contribution in [2.45, 2.75) is 18.5 Å². The standard InChI is InChI=1S/C16H16N4O2S/c1-21-11-5-12(15-17-2-3-23-15)14-13(6-11)19-16(22-14)20-7-9-4-10(8-20)18-9/h2-3,5-6,9-10,18H,4,7-8H2,1H3. The van der Waals surface area contributed by atoms with Gasteiger partial charge in [0.2, 0.25) is 0 Å². The van der Waals surface area contributed by atoms with Gasteiger partial charge in [0.1, 0.15) is 16.3 Å². The van der Waals surface area contributed by atoms with Gasteiger partial charge in [0, 0.05) is 42.8 Å². The number of anilines is 1. The number of aromatic nitrogens is 2. The minimum Gasteiger partial charge on any atom is -0.497 e. The molecule has 1 aromatic carbocycles. The van der Waals surface area contributed by atoms with Gasteiger partial charge < -0.3 is 19.4 Å². The van der Waals surface area contributed by atoms with Crippen LogP contribution >= 0.6 is 11.3 Å². The highest BCUT2D eigenvalue weighted by molar-refractivity contribution is 7.13. The fourth-order valence-electron chi connectivity index (χ4n) is 3.43. The van der Waals surface area contributed by atoms with Crippen LogP contribution in [0, 0.1) is 0 Å².